The van der Waals surface area contributed by atoms with Crippen LogP contribution in [0.15, 0.2) is 54.6 Å². The molecule has 3 nitrogen and oxygen atoms in total. The summed E-state index contributed by atoms with van der Waals surface area (Å²) in [7, 11) is 0. The van der Waals surface area contributed by atoms with E-state index in [9.17, 15) is 13.6 Å². The van der Waals surface area contributed by atoms with E-state index in [-0.39, 0.29) is 6.54 Å². The molecule has 0 aliphatic carbocycles. The van der Waals surface area contributed by atoms with Crippen molar-refractivity contribution in [3.63, 3.8) is 0 Å². The first-order chi connectivity index (χ1) is 10.2. The number of hydrogen-bond acceptors (Lipinski definition) is 2. The van der Waals surface area contributed by atoms with Gasteiger partial charge in [-0.1, -0.05) is 42.5 Å². The molecule has 5 heteroatoms. The highest BCUT2D eigenvalue weighted by Gasteiger charge is 2.39. The van der Waals surface area contributed by atoms with Crippen LogP contribution in [0.3, 0.4) is 0 Å². The average Bonchev–Trinajstić information content (AvgIpc) is 2.47. The number of benzene rings is 2. The number of hydrogen-bond donors (Lipinski definition) is 1. The fraction of sp³-hybridized carbons (Fsp3) is 0.188. The van der Waals surface area contributed by atoms with Crippen molar-refractivity contribution in [1.82, 2.24) is 0 Å². The predicted octanol–water partition coefficient (Wildman–Crippen LogP) is 3.28. The van der Waals surface area contributed by atoms with Crippen LogP contribution in [0.2, 0.25) is 0 Å². The topological polar surface area (TPSA) is 32.3 Å². The van der Waals surface area contributed by atoms with Crippen molar-refractivity contribution in [3.8, 4) is 0 Å². The molecule has 3 rings (SSSR count). The Bertz CT molecular complexity index is 646. The molecule has 0 fully saturated rings. The Kier molecular flexibility index (Phi) is 3.56. The largest absolute Gasteiger partial charge is 0.349 e. The molecule has 1 heterocycles. The normalized spacial score (nSPS) is 17.6. The molecule has 0 saturated carbocycles. The first-order valence-electron chi connectivity index (χ1n) is 6.65. The average molecular weight is 288 g/mol. The van der Waals surface area contributed by atoms with Gasteiger partial charge in [-0.15, -0.1) is 0 Å². The van der Waals surface area contributed by atoms with Crippen LogP contribution in [0, 0.1) is 0 Å². The summed E-state index contributed by atoms with van der Waals surface area (Å²) in [6, 6.07) is 14.8. The fourth-order valence-electron chi connectivity index (χ4n) is 2.54. The summed E-state index contributed by atoms with van der Waals surface area (Å²) in [4.78, 5) is 13.4. The molecule has 1 atom stereocenters. The third-order valence-electron chi connectivity index (χ3n) is 3.51. The van der Waals surface area contributed by atoms with Crippen LogP contribution < -0.4 is 10.2 Å². The number of fused-ring (bicyclic) bond motifs is 1. The van der Waals surface area contributed by atoms with E-state index in [1.54, 1.807) is 24.3 Å². The van der Waals surface area contributed by atoms with Crippen LogP contribution in [0.1, 0.15) is 5.56 Å². The Morgan fingerprint density at radius 2 is 1.71 bits per heavy atom. The fourth-order valence-corrected chi connectivity index (χ4v) is 2.54. The number of amides is 1. The van der Waals surface area contributed by atoms with E-state index < -0.39 is 18.4 Å². The molecular weight excluding hydrogens is 274 g/mol. The van der Waals surface area contributed by atoms with E-state index >= 15 is 0 Å². The molecule has 0 spiro atoms. The van der Waals surface area contributed by atoms with E-state index in [4.69, 9.17) is 0 Å². The van der Waals surface area contributed by atoms with Crippen LogP contribution in [0.4, 0.5) is 20.2 Å². The highest BCUT2D eigenvalue weighted by Crippen LogP contribution is 2.34. The number of para-hydroxylation sites is 2. The van der Waals surface area contributed by atoms with Crippen molar-refractivity contribution in [2.24, 2.45) is 0 Å². The molecule has 0 bridgehead atoms. The molecule has 2 aromatic rings. The maximum Gasteiger partial charge on any atom is 0.267 e. The second kappa shape index (κ2) is 5.52. The third-order valence-corrected chi connectivity index (χ3v) is 3.51. The van der Waals surface area contributed by atoms with Crippen molar-refractivity contribution in [1.29, 1.82) is 0 Å². The summed E-state index contributed by atoms with van der Waals surface area (Å²) in [5, 5.41) is 2.55. The van der Waals surface area contributed by atoms with Gasteiger partial charge in [0.1, 0.15) is 0 Å². The molecule has 0 aromatic heterocycles. The Morgan fingerprint density at radius 1 is 1.05 bits per heavy atom. The summed E-state index contributed by atoms with van der Waals surface area (Å²) in [5.41, 5.74) is 2.06. The van der Waals surface area contributed by atoms with E-state index in [1.165, 1.54) is 4.90 Å². The summed E-state index contributed by atoms with van der Waals surface area (Å²) < 4.78 is 26.6. The number of carbonyl (C=O) groups is 1. The Labute approximate surface area is 121 Å². The lowest BCUT2D eigenvalue weighted by molar-refractivity contribution is -0.120. The van der Waals surface area contributed by atoms with Gasteiger partial charge in [-0.25, -0.2) is 8.78 Å². The van der Waals surface area contributed by atoms with Gasteiger partial charge in [0.05, 0.1) is 11.4 Å². The Morgan fingerprint density at radius 3 is 2.43 bits per heavy atom. The SMILES string of the molecule is O=C1Nc2ccccc2N(Cc2ccccc2)C1C(F)F. The minimum Gasteiger partial charge on any atom is -0.349 e. The molecule has 2 aromatic carbocycles. The lowest BCUT2D eigenvalue weighted by Gasteiger charge is -2.37. The number of carbonyl (C=O) groups excluding carboxylic acids is 1. The van der Waals surface area contributed by atoms with Gasteiger partial charge in [0.25, 0.3) is 12.3 Å². The molecule has 1 unspecified atom stereocenters. The van der Waals surface area contributed by atoms with Crippen LogP contribution in [0.5, 0.6) is 0 Å². The number of anilines is 2. The molecule has 21 heavy (non-hydrogen) atoms. The predicted molar refractivity (Wildman–Crippen MR) is 77.5 cm³/mol. The summed E-state index contributed by atoms with van der Waals surface area (Å²) >= 11 is 0. The standard InChI is InChI=1S/C16H14F2N2O/c17-15(18)14-16(21)19-12-8-4-5-9-13(12)20(14)10-11-6-2-1-3-7-11/h1-9,14-15H,10H2,(H,19,21). The lowest BCUT2D eigenvalue weighted by Crippen LogP contribution is -2.51. The smallest absolute Gasteiger partial charge is 0.267 e. The first-order valence-corrected chi connectivity index (χ1v) is 6.65. The monoisotopic (exact) mass is 288 g/mol. The number of nitrogens with zero attached hydrogens (tertiary/aromatic N) is 1. The van der Waals surface area contributed by atoms with E-state index in [1.807, 2.05) is 30.3 Å². The van der Waals surface area contributed by atoms with Crippen molar-refractivity contribution >= 4 is 17.3 Å². The van der Waals surface area contributed by atoms with E-state index in [2.05, 4.69) is 5.32 Å². The zero-order chi connectivity index (χ0) is 14.8. The molecule has 1 aliphatic heterocycles. The van der Waals surface area contributed by atoms with Crippen LogP contribution in [-0.4, -0.2) is 18.4 Å². The number of halogens is 2. The number of nitrogens with one attached hydrogen (secondary N) is 1. The summed E-state index contributed by atoms with van der Waals surface area (Å²) in [6.07, 6.45) is -2.75. The van der Waals surface area contributed by atoms with Crippen LogP contribution in [0.25, 0.3) is 0 Å². The van der Waals surface area contributed by atoms with Gasteiger partial charge in [0.15, 0.2) is 6.04 Å². The second-order valence-electron chi connectivity index (χ2n) is 4.90. The van der Waals surface area contributed by atoms with Gasteiger partial charge >= 0.3 is 0 Å². The van der Waals surface area contributed by atoms with Gasteiger partial charge in [-0.2, -0.15) is 0 Å². The molecule has 1 amide bonds. The van der Waals surface area contributed by atoms with E-state index in [0.717, 1.165) is 5.56 Å². The second-order valence-corrected chi connectivity index (χ2v) is 4.90. The zero-order valence-corrected chi connectivity index (χ0v) is 11.2. The van der Waals surface area contributed by atoms with Crippen LogP contribution in [-0.2, 0) is 11.3 Å². The highest BCUT2D eigenvalue weighted by atomic mass is 19.3. The maximum atomic E-state index is 13.3. The Hall–Kier alpha value is -2.43. The van der Waals surface area contributed by atoms with Crippen molar-refractivity contribution in [2.75, 3.05) is 10.2 Å². The van der Waals surface area contributed by atoms with Crippen molar-refractivity contribution < 1.29 is 13.6 Å². The number of rotatable bonds is 3. The summed E-state index contributed by atoms with van der Waals surface area (Å²) in [6.45, 7) is 0.264. The van der Waals surface area contributed by atoms with Crippen LogP contribution >= 0.6 is 0 Å². The molecule has 1 aliphatic rings. The lowest BCUT2D eigenvalue weighted by atomic mass is 10.1. The van der Waals surface area contributed by atoms with Gasteiger partial charge in [0.2, 0.25) is 0 Å². The van der Waals surface area contributed by atoms with Crippen molar-refractivity contribution in [2.45, 2.75) is 19.0 Å². The Balaban J connectivity index is 2.01. The van der Waals surface area contributed by atoms with Gasteiger partial charge in [0, 0.05) is 6.54 Å². The maximum absolute atomic E-state index is 13.3. The van der Waals surface area contributed by atoms with Gasteiger partial charge < -0.3 is 10.2 Å². The van der Waals surface area contributed by atoms with Gasteiger partial charge in [-0.3, -0.25) is 4.79 Å². The quantitative estimate of drug-likeness (QED) is 0.940. The molecule has 1 N–H and O–H groups in total. The van der Waals surface area contributed by atoms with E-state index in [0.29, 0.717) is 11.4 Å². The molecular formula is C16H14F2N2O. The molecule has 108 valence electrons. The van der Waals surface area contributed by atoms with Crippen molar-refractivity contribution in [3.05, 3.63) is 60.2 Å². The van der Waals surface area contributed by atoms with Gasteiger partial charge in [-0.05, 0) is 17.7 Å². The highest BCUT2D eigenvalue weighted by molar-refractivity contribution is 6.03. The first kappa shape index (κ1) is 13.5. The molecule has 0 radical (unpaired) electrons. The third kappa shape index (κ3) is 2.59. The minimum absolute atomic E-state index is 0.264. The zero-order valence-electron chi connectivity index (χ0n) is 11.2. The minimum atomic E-state index is -2.75. The number of alkyl halides is 2. The summed E-state index contributed by atoms with van der Waals surface area (Å²) in [5.74, 6) is -0.667. The molecule has 0 saturated heterocycles.